The van der Waals surface area contributed by atoms with Gasteiger partial charge in [0.1, 0.15) is 0 Å². The van der Waals surface area contributed by atoms with Crippen LogP contribution < -0.4 is 10.6 Å². The van der Waals surface area contributed by atoms with Crippen molar-refractivity contribution in [3.63, 3.8) is 0 Å². The molecule has 0 spiro atoms. The zero-order valence-corrected chi connectivity index (χ0v) is 16.3. The molecule has 1 atom stereocenters. The van der Waals surface area contributed by atoms with Gasteiger partial charge >= 0.3 is 7.67 Å². The van der Waals surface area contributed by atoms with Crippen molar-refractivity contribution in [2.75, 3.05) is 6.54 Å². The van der Waals surface area contributed by atoms with Gasteiger partial charge in [-0.3, -0.25) is 4.57 Å². The first kappa shape index (κ1) is 23.1. The van der Waals surface area contributed by atoms with Gasteiger partial charge in [0.15, 0.2) is 0 Å². The molecule has 0 aliphatic carbocycles. The summed E-state index contributed by atoms with van der Waals surface area (Å²) < 4.78 is 10.8. The van der Waals surface area contributed by atoms with E-state index in [1.807, 2.05) is 0 Å². The minimum absolute atomic E-state index is 0.544. The van der Waals surface area contributed by atoms with Crippen LogP contribution in [0.15, 0.2) is 0 Å². The minimum Gasteiger partial charge on any atom is -0.322 e. The van der Waals surface area contributed by atoms with E-state index in [1.54, 1.807) is 0 Å². The van der Waals surface area contributed by atoms with Gasteiger partial charge in [-0.1, -0.05) is 103 Å². The lowest BCUT2D eigenvalue weighted by Gasteiger charge is -2.07. The smallest absolute Gasteiger partial charge is 0.322 e. The summed E-state index contributed by atoms with van der Waals surface area (Å²) in [6.07, 6.45) is 21.4. The number of hydrogen-bond donors (Lipinski definition) is 3. The van der Waals surface area contributed by atoms with Gasteiger partial charge in [0.2, 0.25) is 0 Å². The molecule has 0 heterocycles. The highest BCUT2D eigenvalue weighted by Crippen LogP contribution is 2.22. The van der Waals surface area contributed by atoms with Gasteiger partial charge in [-0.2, -0.15) is 0 Å². The first-order valence-electron chi connectivity index (χ1n) is 9.93. The molecule has 0 aliphatic heterocycles. The third-order valence-electron chi connectivity index (χ3n) is 4.37. The van der Waals surface area contributed by atoms with E-state index in [0.29, 0.717) is 6.54 Å². The van der Waals surface area contributed by atoms with Crippen molar-refractivity contribution in [2.24, 2.45) is 5.50 Å². The minimum atomic E-state index is -3.51. The Labute approximate surface area is 144 Å². The Morgan fingerprint density at radius 3 is 1.30 bits per heavy atom. The Balaban J connectivity index is 3.01. The number of nitrogens with one attached hydrogen (secondary N) is 1. The normalized spacial score (nSPS) is 14.0. The van der Waals surface area contributed by atoms with Crippen LogP contribution in [0, 0.1) is 0 Å². The summed E-state index contributed by atoms with van der Waals surface area (Å²) in [5.74, 6) is 0. The molecule has 4 N–H and O–H groups in total. The summed E-state index contributed by atoms with van der Waals surface area (Å²) >= 11 is 0. The fraction of sp³-hybridized carbons (Fsp3) is 1.00. The Kier molecular flexibility index (Phi) is 17.0. The fourth-order valence-corrected chi connectivity index (χ4v) is 3.39. The van der Waals surface area contributed by atoms with Gasteiger partial charge in [-0.15, -0.1) is 0 Å². The molecule has 0 amide bonds. The second-order valence-electron chi connectivity index (χ2n) is 6.83. The molecule has 4 nitrogen and oxygen atoms in total. The molecular weight excluding hydrogens is 307 g/mol. The van der Waals surface area contributed by atoms with Crippen LogP contribution in [0.5, 0.6) is 0 Å². The van der Waals surface area contributed by atoms with Crippen molar-refractivity contribution in [3.8, 4) is 0 Å². The van der Waals surface area contributed by atoms with Crippen LogP contribution in [0.3, 0.4) is 0 Å². The average molecular weight is 349 g/mol. The van der Waals surface area contributed by atoms with E-state index in [-0.39, 0.29) is 0 Å². The van der Waals surface area contributed by atoms with Crippen LogP contribution in [0.2, 0.25) is 0 Å². The Morgan fingerprint density at radius 2 is 1.00 bits per heavy atom. The van der Waals surface area contributed by atoms with Crippen LogP contribution in [0.25, 0.3) is 0 Å². The van der Waals surface area contributed by atoms with Crippen molar-refractivity contribution in [2.45, 2.75) is 110 Å². The van der Waals surface area contributed by atoms with Crippen LogP contribution in [-0.4, -0.2) is 11.4 Å². The molecule has 5 heteroatoms. The van der Waals surface area contributed by atoms with Crippen LogP contribution in [-0.2, 0) is 4.57 Å². The molecule has 0 saturated heterocycles. The van der Waals surface area contributed by atoms with Crippen molar-refractivity contribution >= 4 is 7.67 Å². The zero-order valence-electron chi connectivity index (χ0n) is 15.4. The maximum atomic E-state index is 10.8. The summed E-state index contributed by atoms with van der Waals surface area (Å²) in [7, 11) is -3.51. The topological polar surface area (TPSA) is 75.3 Å². The van der Waals surface area contributed by atoms with Crippen molar-refractivity contribution < 1.29 is 9.46 Å². The summed E-state index contributed by atoms with van der Waals surface area (Å²) in [6, 6.07) is 0. The Morgan fingerprint density at radius 1 is 0.696 bits per heavy atom. The quantitative estimate of drug-likeness (QED) is 0.213. The number of hydrogen-bond acceptors (Lipinski definition) is 1. The highest BCUT2D eigenvalue weighted by atomic mass is 31.2. The Hall–Kier alpha value is 0.110. The highest BCUT2D eigenvalue weighted by molar-refractivity contribution is 7.53. The predicted molar refractivity (Wildman–Crippen MR) is 102 cm³/mol. The van der Waals surface area contributed by atoms with Gasteiger partial charge in [0, 0.05) is 6.54 Å². The lowest BCUT2D eigenvalue weighted by atomic mass is 10.0. The molecule has 1 unspecified atom stereocenters. The molecule has 0 radical (unpaired) electrons. The SMILES string of the molecule is CCCCCCCCCCCCCCCCCCNP(N)(=O)O. The van der Waals surface area contributed by atoms with E-state index < -0.39 is 7.67 Å². The lowest BCUT2D eigenvalue weighted by molar-refractivity contribution is 0.461. The Bertz CT molecular complexity index is 282. The first-order valence-corrected chi connectivity index (χ1v) is 11.7. The van der Waals surface area contributed by atoms with Gasteiger partial charge in [0.25, 0.3) is 0 Å². The molecule has 140 valence electrons. The summed E-state index contributed by atoms with van der Waals surface area (Å²) in [5, 5.41) is 2.46. The molecule has 0 aliphatic rings. The van der Waals surface area contributed by atoms with Crippen molar-refractivity contribution in [3.05, 3.63) is 0 Å². The van der Waals surface area contributed by atoms with Crippen LogP contribution in [0.1, 0.15) is 110 Å². The third kappa shape index (κ3) is 22.1. The van der Waals surface area contributed by atoms with E-state index in [2.05, 4.69) is 12.0 Å². The van der Waals surface area contributed by atoms with Gasteiger partial charge in [-0.05, 0) is 6.42 Å². The molecule has 0 aromatic carbocycles. The van der Waals surface area contributed by atoms with Gasteiger partial charge in [-0.25, -0.2) is 10.6 Å². The van der Waals surface area contributed by atoms with Crippen molar-refractivity contribution in [1.29, 1.82) is 0 Å². The highest BCUT2D eigenvalue weighted by Gasteiger charge is 2.06. The number of rotatable bonds is 18. The zero-order chi connectivity index (χ0) is 17.2. The van der Waals surface area contributed by atoms with Gasteiger partial charge < -0.3 is 4.89 Å². The standard InChI is InChI=1S/C18H41N2O2P/c1-2-3-4-5-6-7-8-9-10-11-12-13-14-15-16-17-18-20-23(19,21)22/h2-18H2,1H3,(H4,19,20,21,22). The maximum absolute atomic E-state index is 10.8. The first-order chi connectivity index (χ1) is 11.1. The van der Waals surface area contributed by atoms with Gasteiger partial charge in [0.05, 0.1) is 0 Å². The number of unbranched alkanes of at least 4 members (excludes halogenated alkanes) is 15. The summed E-state index contributed by atoms with van der Waals surface area (Å²) in [6.45, 7) is 2.82. The van der Waals surface area contributed by atoms with Crippen LogP contribution in [0.4, 0.5) is 0 Å². The molecule has 0 rings (SSSR count). The van der Waals surface area contributed by atoms with E-state index in [1.165, 1.54) is 89.9 Å². The van der Waals surface area contributed by atoms with Crippen LogP contribution >= 0.6 is 7.67 Å². The molecule has 0 saturated carbocycles. The molecule has 0 bridgehead atoms. The second kappa shape index (κ2) is 17.0. The molecule has 0 fully saturated rings. The fourth-order valence-electron chi connectivity index (χ4n) is 2.91. The lowest BCUT2D eigenvalue weighted by Crippen LogP contribution is -2.16. The van der Waals surface area contributed by atoms with Crippen molar-refractivity contribution in [1.82, 2.24) is 5.09 Å². The monoisotopic (exact) mass is 348 g/mol. The number of nitrogens with two attached hydrogens (primary N) is 1. The summed E-state index contributed by atoms with van der Waals surface area (Å²) in [5.41, 5.74) is 5.00. The maximum Gasteiger partial charge on any atom is 0.335 e. The predicted octanol–water partition coefficient (Wildman–Crippen LogP) is 5.90. The van der Waals surface area contributed by atoms with E-state index in [4.69, 9.17) is 10.4 Å². The average Bonchev–Trinajstić information content (AvgIpc) is 2.49. The largest absolute Gasteiger partial charge is 0.335 e. The molecule has 0 aromatic rings. The third-order valence-corrected chi connectivity index (χ3v) is 5.05. The summed E-state index contributed by atoms with van der Waals surface area (Å²) in [4.78, 5) is 8.87. The van der Waals surface area contributed by atoms with E-state index >= 15 is 0 Å². The van der Waals surface area contributed by atoms with E-state index in [9.17, 15) is 4.57 Å². The molecular formula is C18H41N2O2P. The second-order valence-corrected chi connectivity index (χ2v) is 8.40. The molecule has 23 heavy (non-hydrogen) atoms. The molecule has 0 aromatic heterocycles. The van der Waals surface area contributed by atoms with E-state index in [0.717, 1.165) is 12.8 Å².